The molecule has 2 unspecified atom stereocenters. The summed E-state index contributed by atoms with van der Waals surface area (Å²) in [4.78, 5) is 27.1. The molecule has 19 heavy (non-hydrogen) atoms. The Hall–Kier alpha value is -1.98. The fraction of sp³-hybridized carbons (Fsp3) is 0.462. The molecule has 104 valence electrons. The van der Waals surface area contributed by atoms with Gasteiger partial charge in [-0.2, -0.15) is 0 Å². The lowest BCUT2D eigenvalue weighted by atomic mass is 9.99. The van der Waals surface area contributed by atoms with Gasteiger partial charge in [0.25, 0.3) is 5.91 Å². The van der Waals surface area contributed by atoms with Gasteiger partial charge in [-0.15, -0.1) is 0 Å². The number of rotatable bonds is 5. The molecular weight excluding hydrogens is 251 g/mol. The van der Waals surface area contributed by atoms with Gasteiger partial charge in [-0.1, -0.05) is 20.3 Å². The molecule has 0 aromatic carbocycles. The first kappa shape index (κ1) is 15.1. The summed E-state index contributed by atoms with van der Waals surface area (Å²) in [7, 11) is 1.25. The van der Waals surface area contributed by atoms with Gasteiger partial charge < -0.3 is 10.1 Å². The van der Waals surface area contributed by atoms with Gasteiger partial charge in [-0.3, -0.25) is 9.78 Å². The van der Waals surface area contributed by atoms with E-state index in [4.69, 9.17) is 0 Å². The van der Waals surface area contributed by atoms with E-state index in [0.717, 1.165) is 6.20 Å². The third-order valence-corrected chi connectivity index (χ3v) is 2.97. The van der Waals surface area contributed by atoms with E-state index in [2.05, 4.69) is 15.0 Å². The number of amides is 1. The molecule has 0 radical (unpaired) electrons. The standard InChI is InChI=1S/C13H17FN2O3/c1-4-8(2)11(13(18)19-3)16-12(17)9-5-6-15-7-10(9)14/h5-8,11H,4H2,1-3H3,(H,16,17). The number of hydrogen-bond acceptors (Lipinski definition) is 4. The van der Waals surface area contributed by atoms with Crippen LogP contribution in [0.2, 0.25) is 0 Å². The number of nitrogens with one attached hydrogen (secondary N) is 1. The minimum absolute atomic E-state index is 0.110. The van der Waals surface area contributed by atoms with Crippen LogP contribution in [0.25, 0.3) is 0 Å². The van der Waals surface area contributed by atoms with E-state index in [1.165, 1.54) is 19.4 Å². The van der Waals surface area contributed by atoms with Crippen molar-refractivity contribution in [1.29, 1.82) is 0 Å². The van der Waals surface area contributed by atoms with Crippen molar-refractivity contribution in [2.24, 2.45) is 5.92 Å². The highest BCUT2D eigenvalue weighted by molar-refractivity contribution is 5.96. The van der Waals surface area contributed by atoms with Gasteiger partial charge in [0.15, 0.2) is 5.82 Å². The maximum absolute atomic E-state index is 13.4. The lowest BCUT2D eigenvalue weighted by Crippen LogP contribution is -2.45. The smallest absolute Gasteiger partial charge is 0.328 e. The van der Waals surface area contributed by atoms with Crippen LogP contribution in [0.1, 0.15) is 30.6 Å². The third-order valence-electron chi connectivity index (χ3n) is 2.97. The number of methoxy groups -OCH3 is 1. The molecule has 0 saturated carbocycles. The fourth-order valence-electron chi connectivity index (χ4n) is 1.57. The summed E-state index contributed by atoms with van der Waals surface area (Å²) in [6.07, 6.45) is 2.94. The van der Waals surface area contributed by atoms with Crippen molar-refractivity contribution >= 4 is 11.9 Å². The molecule has 0 fully saturated rings. The van der Waals surface area contributed by atoms with Gasteiger partial charge in [-0.05, 0) is 12.0 Å². The number of carbonyl (C=O) groups excluding carboxylic acids is 2. The second kappa shape index (κ2) is 6.82. The molecule has 0 aliphatic carbocycles. The molecule has 0 spiro atoms. The van der Waals surface area contributed by atoms with Crippen LogP contribution in [0.3, 0.4) is 0 Å². The zero-order valence-electron chi connectivity index (χ0n) is 11.1. The number of aromatic nitrogens is 1. The van der Waals surface area contributed by atoms with E-state index in [0.29, 0.717) is 6.42 Å². The lowest BCUT2D eigenvalue weighted by molar-refractivity contribution is -0.144. The van der Waals surface area contributed by atoms with Crippen LogP contribution in [-0.4, -0.2) is 30.0 Å². The highest BCUT2D eigenvalue weighted by Crippen LogP contribution is 2.11. The molecule has 1 rings (SSSR count). The maximum atomic E-state index is 13.4. The van der Waals surface area contributed by atoms with Crippen LogP contribution in [-0.2, 0) is 9.53 Å². The fourth-order valence-corrected chi connectivity index (χ4v) is 1.57. The SMILES string of the molecule is CCC(C)C(NC(=O)c1ccncc1F)C(=O)OC. The van der Waals surface area contributed by atoms with Crippen LogP contribution in [0, 0.1) is 11.7 Å². The highest BCUT2D eigenvalue weighted by atomic mass is 19.1. The summed E-state index contributed by atoms with van der Waals surface area (Å²) in [5, 5.41) is 2.49. The number of hydrogen-bond donors (Lipinski definition) is 1. The van der Waals surface area contributed by atoms with E-state index >= 15 is 0 Å². The van der Waals surface area contributed by atoms with Crippen LogP contribution in [0.4, 0.5) is 4.39 Å². The van der Waals surface area contributed by atoms with Crippen molar-refractivity contribution in [2.75, 3.05) is 7.11 Å². The zero-order chi connectivity index (χ0) is 14.4. The Kier molecular flexibility index (Phi) is 5.41. The molecule has 5 nitrogen and oxygen atoms in total. The van der Waals surface area contributed by atoms with Gasteiger partial charge in [0, 0.05) is 6.20 Å². The molecule has 1 amide bonds. The summed E-state index contributed by atoms with van der Waals surface area (Å²) in [5.41, 5.74) is -0.146. The predicted octanol–water partition coefficient (Wildman–Crippen LogP) is 1.54. The first-order valence-electron chi connectivity index (χ1n) is 5.99. The Bertz CT molecular complexity index is 465. The van der Waals surface area contributed by atoms with Crippen LogP contribution in [0.5, 0.6) is 0 Å². The molecule has 6 heteroatoms. The van der Waals surface area contributed by atoms with Gasteiger partial charge >= 0.3 is 5.97 Å². The average molecular weight is 268 g/mol. The van der Waals surface area contributed by atoms with Gasteiger partial charge in [-0.25, -0.2) is 9.18 Å². The quantitative estimate of drug-likeness (QED) is 0.822. The number of halogens is 1. The number of carbonyl (C=O) groups is 2. The first-order valence-corrected chi connectivity index (χ1v) is 5.99. The van der Waals surface area contributed by atoms with Crippen LogP contribution in [0.15, 0.2) is 18.5 Å². The van der Waals surface area contributed by atoms with Gasteiger partial charge in [0.2, 0.25) is 0 Å². The molecule has 0 aliphatic rings. The van der Waals surface area contributed by atoms with Crippen molar-refractivity contribution in [3.05, 3.63) is 29.8 Å². The Morgan fingerprint density at radius 2 is 2.21 bits per heavy atom. The topological polar surface area (TPSA) is 68.3 Å². The van der Waals surface area contributed by atoms with Gasteiger partial charge in [0.1, 0.15) is 6.04 Å². The zero-order valence-corrected chi connectivity index (χ0v) is 11.1. The van der Waals surface area contributed by atoms with E-state index in [-0.39, 0.29) is 11.5 Å². The molecule has 1 N–H and O–H groups in total. The Balaban J connectivity index is 2.88. The van der Waals surface area contributed by atoms with Crippen molar-refractivity contribution in [3.8, 4) is 0 Å². The summed E-state index contributed by atoms with van der Waals surface area (Å²) < 4.78 is 18.1. The van der Waals surface area contributed by atoms with Crippen LogP contribution < -0.4 is 5.32 Å². The summed E-state index contributed by atoms with van der Waals surface area (Å²) in [6.45, 7) is 3.70. The Labute approximate surface area is 111 Å². The Morgan fingerprint density at radius 1 is 1.53 bits per heavy atom. The number of pyridine rings is 1. The normalized spacial score (nSPS) is 13.5. The molecule has 1 heterocycles. The molecule has 1 aromatic heterocycles. The Morgan fingerprint density at radius 3 is 2.74 bits per heavy atom. The highest BCUT2D eigenvalue weighted by Gasteiger charge is 2.27. The van der Waals surface area contributed by atoms with Gasteiger partial charge in [0.05, 0.1) is 18.9 Å². The van der Waals surface area contributed by atoms with E-state index in [1.54, 1.807) is 0 Å². The molecule has 0 bridgehead atoms. The second-order valence-electron chi connectivity index (χ2n) is 4.22. The van der Waals surface area contributed by atoms with Crippen molar-refractivity contribution in [1.82, 2.24) is 10.3 Å². The average Bonchev–Trinajstić information content (AvgIpc) is 2.43. The first-order chi connectivity index (χ1) is 9.01. The maximum Gasteiger partial charge on any atom is 0.328 e. The van der Waals surface area contributed by atoms with Crippen molar-refractivity contribution < 1.29 is 18.7 Å². The second-order valence-corrected chi connectivity index (χ2v) is 4.22. The minimum atomic E-state index is -0.796. The largest absolute Gasteiger partial charge is 0.467 e. The monoisotopic (exact) mass is 268 g/mol. The lowest BCUT2D eigenvalue weighted by Gasteiger charge is -2.21. The molecular formula is C13H17FN2O3. The summed E-state index contributed by atoms with van der Waals surface area (Å²) in [6, 6.07) is 0.463. The summed E-state index contributed by atoms with van der Waals surface area (Å²) >= 11 is 0. The number of esters is 1. The van der Waals surface area contributed by atoms with Crippen molar-refractivity contribution in [3.63, 3.8) is 0 Å². The van der Waals surface area contributed by atoms with Crippen molar-refractivity contribution in [2.45, 2.75) is 26.3 Å². The molecule has 0 aliphatic heterocycles. The predicted molar refractivity (Wildman–Crippen MR) is 66.9 cm³/mol. The molecule has 2 atom stereocenters. The third kappa shape index (κ3) is 3.74. The molecule has 1 aromatic rings. The van der Waals surface area contributed by atoms with E-state index < -0.39 is 23.7 Å². The molecule has 0 saturated heterocycles. The number of ether oxygens (including phenoxy) is 1. The van der Waals surface area contributed by atoms with E-state index in [9.17, 15) is 14.0 Å². The number of nitrogens with zero attached hydrogens (tertiary/aromatic N) is 1. The minimum Gasteiger partial charge on any atom is -0.467 e. The van der Waals surface area contributed by atoms with E-state index in [1.807, 2.05) is 13.8 Å². The van der Waals surface area contributed by atoms with Crippen LogP contribution >= 0.6 is 0 Å². The summed E-state index contributed by atoms with van der Waals surface area (Å²) in [5.74, 6) is -2.04.